The first-order valence-electron chi connectivity index (χ1n) is 9.74. The van der Waals surface area contributed by atoms with E-state index in [0.717, 1.165) is 29.0 Å². The van der Waals surface area contributed by atoms with Gasteiger partial charge in [0.1, 0.15) is 5.75 Å². The molecule has 2 amide bonds. The van der Waals surface area contributed by atoms with E-state index >= 15 is 0 Å². The van der Waals surface area contributed by atoms with Crippen LogP contribution >= 0.6 is 0 Å². The van der Waals surface area contributed by atoms with Crippen molar-refractivity contribution in [3.05, 3.63) is 53.6 Å². The van der Waals surface area contributed by atoms with Gasteiger partial charge in [0.05, 0.1) is 13.0 Å². The van der Waals surface area contributed by atoms with Crippen molar-refractivity contribution in [1.82, 2.24) is 0 Å². The van der Waals surface area contributed by atoms with Gasteiger partial charge in [-0.1, -0.05) is 39.0 Å². The average Bonchev–Trinajstić information content (AvgIpc) is 3.05. The highest BCUT2D eigenvalue weighted by Gasteiger charge is 2.32. The number of nitrogens with one attached hydrogen (secondary N) is 1. The molecule has 5 nitrogen and oxygen atoms in total. The molecule has 0 unspecified atom stereocenters. The van der Waals surface area contributed by atoms with Crippen molar-refractivity contribution in [1.29, 1.82) is 0 Å². The molecule has 0 saturated heterocycles. The van der Waals surface area contributed by atoms with E-state index in [4.69, 9.17) is 4.74 Å². The first-order valence-corrected chi connectivity index (χ1v) is 9.74. The van der Waals surface area contributed by atoms with Crippen LogP contribution in [0, 0.1) is 5.41 Å². The SMILES string of the molecule is CCOc1ccc(CC(=O)Nc2ccc3c(c2)N(C(=O)C(C)(C)C)CC3)cc1. The first kappa shape index (κ1) is 19.9. The minimum Gasteiger partial charge on any atom is -0.494 e. The van der Waals surface area contributed by atoms with Crippen LogP contribution in [0.3, 0.4) is 0 Å². The molecule has 148 valence electrons. The number of hydrogen-bond acceptors (Lipinski definition) is 3. The lowest BCUT2D eigenvalue weighted by Crippen LogP contribution is -2.38. The number of carbonyl (C=O) groups excluding carboxylic acids is 2. The van der Waals surface area contributed by atoms with Crippen LogP contribution < -0.4 is 15.0 Å². The van der Waals surface area contributed by atoms with Gasteiger partial charge < -0.3 is 15.0 Å². The first-order chi connectivity index (χ1) is 13.3. The Kier molecular flexibility index (Phi) is 5.73. The van der Waals surface area contributed by atoms with E-state index < -0.39 is 5.41 Å². The van der Waals surface area contributed by atoms with Crippen molar-refractivity contribution in [3.8, 4) is 5.75 Å². The molecular formula is C23H28N2O3. The topological polar surface area (TPSA) is 58.6 Å². The highest BCUT2D eigenvalue weighted by Crippen LogP contribution is 2.34. The number of amides is 2. The molecule has 1 aliphatic rings. The molecule has 1 heterocycles. The summed E-state index contributed by atoms with van der Waals surface area (Å²) in [6.07, 6.45) is 1.13. The Morgan fingerprint density at radius 3 is 2.46 bits per heavy atom. The molecule has 2 aromatic rings. The number of benzene rings is 2. The van der Waals surface area contributed by atoms with Crippen LogP contribution in [-0.4, -0.2) is 25.0 Å². The van der Waals surface area contributed by atoms with Gasteiger partial charge >= 0.3 is 0 Å². The fourth-order valence-corrected chi connectivity index (χ4v) is 3.33. The van der Waals surface area contributed by atoms with Gasteiger partial charge in [0.25, 0.3) is 0 Å². The third-order valence-electron chi connectivity index (χ3n) is 4.75. The largest absolute Gasteiger partial charge is 0.494 e. The normalized spacial score (nSPS) is 13.2. The van der Waals surface area contributed by atoms with E-state index in [0.29, 0.717) is 18.8 Å². The van der Waals surface area contributed by atoms with Crippen molar-refractivity contribution >= 4 is 23.2 Å². The summed E-state index contributed by atoms with van der Waals surface area (Å²) >= 11 is 0. The van der Waals surface area contributed by atoms with Crippen molar-refractivity contribution in [2.45, 2.75) is 40.5 Å². The molecule has 5 heteroatoms. The predicted octanol–water partition coefficient (Wildman–Crippen LogP) is 4.20. The second kappa shape index (κ2) is 8.05. The third kappa shape index (κ3) is 4.53. The van der Waals surface area contributed by atoms with Crippen LogP contribution in [-0.2, 0) is 22.4 Å². The average molecular weight is 380 g/mol. The summed E-state index contributed by atoms with van der Waals surface area (Å²) in [7, 11) is 0. The second-order valence-electron chi connectivity index (χ2n) is 8.10. The van der Waals surface area contributed by atoms with Gasteiger partial charge in [0.15, 0.2) is 0 Å². The smallest absolute Gasteiger partial charge is 0.232 e. The molecule has 0 bridgehead atoms. The Balaban J connectivity index is 1.68. The zero-order valence-electron chi connectivity index (χ0n) is 17.0. The molecule has 0 saturated carbocycles. The second-order valence-corrected chi connectivity index (χ2v) is 8.10. The van der Waals surface area contributed by atoms with Gasteiger partial charge in [0, 0.05) is 23.3 Å². The van der Waals surface area contributed by atoms with Crippen molar-refractivity contribution in [2.75, 3.05) is 23.4 Å². The molecule has 0 atom stereocenters. The molecule has 2 aromatic carbocycles. The highest BCUT2D eigenvalue weighted by molar-refractivity contribution is 6.00. The van der Waals surface area contributed by atoms with E-state index in [-0.39, 0.29) is 18.2 Å². The van der Waals surface area contributed by atoms with Crippen LogP contribution in [0.4, 0.5) is 11.4 Å². The Morgan fingerprint density at radius 2 is 1.82 bits per heavy atom. The molecule has 0 fully saturated rings. The molecular weight excluding hydrogens is 352 g/mol. The van der Waals surface area contributed by atoms with E-state index in [9.17, 15) is 9.59 Å². The molecule has 1 N–H and O–H groups in total. The lowest BCUT2D eigenvalue weighted by Gasteiger charge is -2.26. The van der Waals surface area contributed by atoms with Gasteiger partial charge in [-0.05, 0) is 48.7 Å². The number of anilines is 2. The van der Waals surface area contributed by atoms with E-state index in [1.54, 1.807) is 0 Å². The minimum atomic E-state index is -0.436. The van der Waals surface area contributed by atoms with Crippen molar-refractivity contribution in [3.63, 3.8) is 0 Å². The lowest BCUT2D eigenvalue weighted by atomic mass is 9.94. The molecule has 28 heavy (non-hydrogen) atoms. The van der Waals surface area contributed by atoms with Crippen LogP contribution in [0.25, 0.3) is 0 Å². The molecule has 1 aliphatic heterocycles. The number of ether oxygens (including phenoxy) is 1. The van der Waals surface area contributed by atoms with E-state index in [1.165, 1.54) is 0 Å². The minimum absolute atomic E-state index is 0.0872. The van der Waals surface area contributed by atoms with Crippen molar-refractivity contribution < 1.29 is 14.3 Å². The summed E-state index contributed by atoms with van der Waals surface area (Å²) in [5, 5.41) is 2.95. The summed E-state index contributed by atoms with van der Waals surface area (Å²) in [4.78, 5) is 27.0. The van der Waals surface area contributed by atoms with Crippen LogP contribution in [0.5, 0.6) is 5.75 Å². The maximum atomic E-state index is 12.7. The molecule has 0 radical (unpaired) electrons. The summed E-state index contributed by atoms with van der Waals surface area (Å²) in [5.74, 6) is 0.814. The number of hydrogen-bond donors (Lipinski definition) is 1. The van der Waals surface area contributed by atoms with Crippen LogP contribution in [0.1, 0.15) is 38.8 Å². The Morgan fingerprint density at radius 1 is 1.11 bits per heavy atom. The van der Waals surface area contributed by atoms with Crippen molar-refractivity contribution in [2.24, 2.45) is 5.41 Å². The quantitative estimate of drug-likeness (QED) is 0.846. The van der Waals surface area contributed by atoms with Gasteiger partial charge in [-0.25, -0.2) is 0 Å². The maximum Gasteiger partial charge on any atom is 0.232 e. The molecule has 3 rings (SSSR count). The third-order valence-corrected chi connectivity index (χ3v) is 4.75. The fraction of sp³-hybridized carbons (Fsp3) is 0.391. The van der Waals surface area contributed by atoms with Crippen LogP contribution in [0.2, 0.25) is 0 Å². The number of carbonyl (C=O) groups is 2. The van der Waals surface area contributed by atoms with Crippen LogP contribution in [0.15, 0.2) is 42.5 Å². The number of rotatable bonds is 5. The Hall–Kier alpha value is -2.82. The predicted molar refractivity (Wildman–Crippen MR) is 112 cm³/mol. The summed E-state index contributed by atoms with van der Waals surface area (Å²) in [5.41, 5.74) is 3.24. The Labute approximate surface area is 166 Å². The monoisotopic (exact) mass is 380 g/mol. The number of nitrogens with zero attached hydrogens (tertiary/aromatic N) is 1. The number of fused-ring (bicyclic) bond motifs is 1. The molecule has 0 aromatic heterocycles. The van der Waals surface area contributed by atoms with E-state index in [1.807, 2.05) is 75.1 Å². The zero-order chi connectivity index (χ0) is 20.3. The maximum absolute atomic E-state index is 12.7. The standard InChI is InChI=1S/C23H28N2O3/c1-5-28-19-10-6-16(7-11-19)14-21(26)24-18-9-8-17-12-13-25(20(17)15-18)22(27)23(2,3)4/h6-11,15H,5,12-14H2,1-4H3,(H,24,26). The summed E-state index contributed by atoms with van der Waals surface area (Å²) in [6, 6.07) is 13.4. The van der Waals surface area contributed by atoms with Gasteiger partial charge in [0.2, 0.25) is 11.8 Å². The lowest BCUT2D eigenvalue weighted by molar-refractivity contribution is -0.125. The highest BCUT2D eigenvalue weighted by atomic mass is 16.5. The van der Waals surface area contributed by atoms with Gasteiger partial charge in [-0.2, -0.15) is 0 Å². The van der Waals surface area contributed by atoms with E-state index in [2.05, 4.69) is 5.32 Å². The summed E-state index contributed by atoms with van der Waals surface area (Å²) < 4.78 is 5.42. The van der Waals surface area contributed by atoms with Gasteiger partial charge in [-0.3, -0.25) is 9.59 Å². The molecule has 0 spiro atoms. The summed E-state index contributed by atoms with van der Waals surface area (Å²) in [6.45, 7) is 9.03. The fourth-order valence-electron chi connectivity index (χ4n) is 3.33. The van der Waals surface area contributed by atoms with Gasteiger partial charge in [-0.15, -0.1) is 0 Å². The Bertz CT molecular complexity index is 866. The molecule has 0 aliphatic carbocycles. The zero-order valence-corrected chi connectivity index (χ0v) is 17.0.